The number of sulfone groups is 1. The molecule has 1 aliphatic heterocycles. The zero-order chi connectivity index (χ0) is 26.7. The summed E-state index contributed by atoms with van der Waals surface area (Å²) in [6.45, 7) is 5.88. The topological polar surface area (TPSA) is 146 Å². The second-order valence-corrected chi connectivity index (χ2v) is 11.7. The summed E-state index contributed by atoms with van der Waals surface area (Å²) in [5.41, 5.74) is 9.46. The van der Waals surface area contributed by atoms with E-state index in [1.807, 2.05) is 31.2 Å². The van der Waals surface area contributed by atoms with Crippen molar-refractivity contribution in [2.24, 2.45) is 0 Å². The molecule has 1 fully saturated rings. The monoisotopic (exact) mass is 534 g/mol. The van der Waals surface area contributed by atoms with Crippen molar-refractivity contribution in [1.29, 1.82) is 0 Å². The van der Waals surface area contributed by atoms with Crippen LogP contribution in [-0.2, 0) is 21.1 Å². The Bertz CT molecular complexity index is 1500. The van der Waals surface area contributed by atoms with Crippen LogP contribution in [0.5, 0.6) is 0 Å². The van der Waals surface area contributed by atoms with Crippen LogP contribution >= 0.6 is 0 Å². The summed E-state index contributed by atoms with van der Waals surface area (Å²) in [5.74, 6) is 0.641. The summed E-state index contributed by atoms with van der Waals surface area (Å²) >= 11 is 0. The number of nitrogens with two attached hydrogens (primary N) is 1. The van der Waals surface area contributed by atoms with Crippen LogP contribution < -0.4 is 11.1 Å². The Kier molecular flexibility index (Phi) is 7.50. The van der Waals surface area contributed by atoms with Gasteiger partial charge < -0.3 is 20.2 Å². The molecule has 0 spiro atoms. The maximum absolute atomic E-state index is 12.6. The highest BCUT2D eigenvalue weighted by molar-refractivity contribution is 7.92. The van der Waals surface area contributed by atoms with Crippen molar-refractivity contribution in [1.82, 2.24) is 25.5 Å². The predicted octanol–water partition coefficient (Wildman–Crippen LogP) is 3.89. The Balaban J connectivity index is 1.33. The lowest BCUT2D eigenvalue weighted by molar-refractivity contribution is 0.190. The van der Waals surface area contributed by atoms with Crippen LogP contribution in [0.15, 0.2) is 64.0 Å². The lowest BCUT2D eigenvalue weighted by Crippen LogP contribution is -2.28. The average Bonchev–Trinajstić information content (AvgIpc) is 3.65. The van der Waals surface area contributed by atoms with Gasteiger partial charge in [0, 0.05) is 30.3 Å². The fourth-order valence-electron chi connectivity index (χ4n) is 4.12. The number of nitrogen functional groups attached to an aromatic ring is 1. The normalized spacial score (nSPS) is 16.5. The highest BCUT2D eigenvalue weighted by Crippen LogP contribution is 2.29. The largest absolute Gasteiger partial charge is 0.414 e. The molecule has 38 heavy (non-hydrogen) atoms. The number of aromatic nitrogens is 4. The maximum atomic E-state index is 12.6. The van der Waals surface area contributed by atoms with Crippen molar-refractivity contribution >= 4 is 15.7 Å². The summed E-state index contributed by atoms with van der Waals surface area (Å²) < 4.78 is 36.6. The standard InChI is InChI=1S/C27H30N6O4S/c1-3-17(2)38(34,35)22-10-8-19(9-11-22)23-15-30-25(28)24(31-23)27-33-32-26(37-27)20-6-4-18(5-7-20)14-29-21-12-13-36-16-21/h4-11,15,17,21,29H,3,12-14,16H2,1-2H3,(H2,28,30)/t17?,21-/m1/s1. The van der Waals surface area contributed by atoms with Gasteiger partial charge in [0.1, 0.15) is 0 Å². The van der Waals surface area contributed by atoms with Crippen LogP contribution in [0.25, 0.3) is 34.3 Å². The first kappa shape index (κ1) is 26.0. The minimum absolute atomic E-state index is 0.148. The number of ether oxygens (including phenoxy) is 1. The summed E-state index contributed by atoms with van der Waals surface area (Å²) in [6, 6.07) is 14.9. The Morgan fingerprint density at radius 2 is 1.76 bits per heavy atom. The fourth-order valence-corrected chi connectivity index (χ4v) is 5.54. The number of anilines is 1. The first-order valence-electron chi connectivity index (χ1n) is 12.6. The molecule has 5 rings (SSSR count). The van der Waals surface area contributed by atoms with Crippen molar-refractivity contribution < 1.29 is 17.6 Å². The molecule has 0 aliphatic carbocycles. The molecule has 4 aromatic rings. The first-order valence-corrected chi connectivity index (χ1v) is 14.1. The molecule has 3 heterocycles. The number of nitrogens with one attached hydrogen (secondary N) is 1. The van der Waals surface area contributed by atoms with Gasteiger partial charge in [0.15, 0.2) is 21.3 Å². The summed E-state index contributed by atoms with van der Waals surface area (Å²) in [6.07, 6.45) is 3.10. The second kappa shape index (κ2) is 11.0. The van der Waals surface area contributed by atoms with Crippen LogP contribution in [0.2, 0.25) is 0 Å². The zero-order valence-corrected chi connectivity index (χ0v) is 22.1. The minimum Gasteiger partial charge on any atom is -0.414 e. The SMILES string of the molecule is CCC(C)S(=O)(=O)c1ccc(-c2cnc(N)c(-c3nnc(-c4ccc(CN[C@@H]5CCOC5)cc4)o3)n2)cc1. The van der Waals surface area contributed by atoms with Gasteiger partial charge in [-0.1, -0.05) is 31.2 Å². The third kappa shape index (κ3) is 5.45. The van der Waals surface area contributed by atoms with Crippen molar-refractivity contribution in [2.75, 3.05) is 18.9 Å². The number of hydrogen-bond acceptors (Lipinski definition) is 10. The molecule has 2 atom stereocenters. The van der Waals surface area contributed by atoms with Crippen molar-refractivity contribution in [3.8, 4) is 34.3 Å². The molecule has 1 saturated heterocycles. The fraction of sp³-hybridized carbons (Fsp3) is 0.333. The molecule has 0 radical (unpaired) electrons. The van der Waals surface area contributed by atoms with Gasteiger partial charge in [0.05, 0.1) is 28.6 Å². The summed E-state index contributed by atoms with van der Waals surface area (Å²) in [5, 5.41) is 11.3. The van der Waals surface area contributed by atoms with Crippen molar-refractivity contribution in [3.05, 3.63) is 60.3 Å². The lowest BCUT2D eigenvalue weighted by Gasteiger charge is -2.11. The van der Waals surface area contributed by atoms with Gasteiger partial charge in [0.25, 0.3) is 5.89 Å². The molecule has 2 aromatic heterocycles. The van der Waals surface area contributed by atoms with Crippen LogP contribution in [0, 0.1) is 0 Å². The number of nitrogens with zero attached hydrogens (tertiary/aromatic N) is 4. The Labute approximate surface area is 221 Å². The Hall–Kier alpha value is -3.67. The van der Waals surface area contributed by atoms with E-state index in [9.17, 15) is 8.42 Å². The van der Waals surface area contributed by atoms with Gasteiger partial charge in [-0.3, -0.25) is 0 Å². The lowest BCUT2D eigenvalue weighted by atomic mass is 10.1. The van der Waals surface area contributed by atoms with E-state index in [1.54, 1.807) is 31.2 Å². The summed E-state index contributed by atoms with van der Waals surface area (Å²) in [4.78, 5) is 9.11. The van der Waals surface area contributed by atoms with Crippen LogP contribution in [0.3, 0.4) is 0 Å². The molecular weight excluding hydrogens is 504 g/mol. The van der Waals surface area contributed by atoms with Gasteiger partial charge >= 0.3 is 0 Å². The van der Waals surface area contributed by atoms with Crippen LogP contribution in [-0.4, -0.2) is 53.1 Å². The van der Waals surface area contributed by atoms with Crippen LogP contribution in [0.1, 0.15) is 32.3 Å². The highest BCUT2D eigenvalue weighted by Gasteiger charge is 2.22. The van der Waals surface area contributed by atoms with E-state index in [1.165, 1.54) is 6.20 Å². The Morgan fingerprint density at radius 3 is 2.45 bits per heavy atom. The molecule has 3 N–H and O–H groups in total. The molecule has 198 valence electrons. The van der Waals surface area contributed by atoms with Gasteiger partial charge in [-0.25, -0.2) is 18.4 Å². The molecule has 1 aliphatic rings. The molecule has 0 saturated carbocycles. The average molecular weight is 535 g/mol. The zero-order valence-electron chi connectivity index (χ0n) is 21.3. The van der Waals surface area contributed by atoms with E-state index >= 15 is 0 Å². The molecular formula is C27H30N6O4S. The van der Waals surface area contributed by atoms with E-state index in [4.69, 9.17) is 14.9 Å². The van der Waals surface area contributed by atoms with E-state index in [0.29, 0.717) is 29.6 Å². The molecule has 10 nitrogen and oxygen atoms in total. The van der Waals surface area contributed by atoms with E-state index < -0.39 is 15.1 Å². The van der Waals surface area contributed by atoms with Gasteiger partial charge in [-0.05, 0) is 49.6 Å². The molecule has 0 amide bonds. The Morgan fingerprint density at radius 1 is 1.05 bits per heavy atom. The maximum Gasteiger partial charge on any atom is 0.270 e. The smallest absolute Gasteiger partial charge is 0.270 e. The number of benzene rings is 2. The summed E-state index contributed by atoms with van der Waals surface area (Å²) in [7, 11) is -3.38. The molecule has 2 aromatic carbocycles. The van der Waals surface area contributed by atoms with E-state index in [-0.39, 0.29) is 22.3 Å². The van der Waals surface area contributed by atoms with Crippen LogP contribution in [0.4, 0.5) is 5.82 Å². The minimum atomic E-state index is -3.38. The first-order chi connectivity index (χ1) is 18.3. The number of rotatable bonds is 9. The van der Waals surface area contributed by atoms with Gasteiger partial charge in [0.2, 0.25) is 5.89 Å². The van der Waals surface area contributed by atoms with E-state index in [2.05, 4.69) is 25.5 Å². The van der Waals surface area contributed by atoms with E-state index in [0.717, 1.165) is 37.3 Å². The molecule has 0 bridgehead atoms. The molecule has 11 heteroatoms. The third-order valence-electron chi connectivity index (χ3n) is 6.74. The predicted molar refractivity (Wildman–Crippen MR) is 144 cm³/mol. The quantitative estimate of drug-likeness (QED) is 0.324. The van der Waals surface area contributed by atoms with Gasteiger partial charge in [-0.15, -0.1) is 10.2 Å². The van der Waals surface area contributed by atoms with Crippen molar-refractivity contribution in [2.45, 2.75) is 49.4 Å². The molecule has 1 unspecified atom stereocenters. The third-order valence-corrected chi connectivity index (χ3v) is 9.06. The number of hydrogen-bond donors (Lipinski definition) is 2. The highest BCUT2D eigenvalue weighted by atomic mass is 32.2. The van der Waals surface area contributed by atoms with Gasteiger partial charge in [-0.2, -0.15) is 0 Å². The second-order valence-electron chi connectivity index (χ2n) is 9.33. The van der Waals surface area contributed by atoms with Crippen molar-refractivity contribution in [3.63, 3.8) is 0 Å².